The minimum atomic E-state index is -1.28. The van der Waals surface area contributed by atoms with Crippen LogP contribution in [-0.2, 0) is 4.79 Å². The molecule has 0 atom stereocenters. The van der Waals surface area contributed by atoms with E-state index in [1.807, 2.05) is 0 Å². The molecular weight excluding hydrogens is 195 g/mol. The smallest absolute Gasteiger partial charge is 0.546 e. The number of carbonyl (C=O) groups is 2. The molecule has 0 heterocycles. The third kappa shape index (κ3) is 4.41. The number of carbonyl (C=O) groups excluding carboxylic acids is 2. The second-order valence-corrected chi connectivity index (χ2v) is 2.35. The zero-order valence-electron chi connectivity index (χ0n) is 7.73. The van der Waals surface area contributed by atoms with Crippen LogP contribution in [-0.4, -0.2) is 18.9 Å². The second-order valence-electron chi connectivity index (χ2n) is 2.35. The summed E-state index contributed by atoms with van der Waals surface area (Å²) in [5.74, 6) is -0.880. The Balaban J connectivity index is 0.00000169. The summed E-state index contributed by atoms with van der Waals surface area (Å²) in [6.07, 6.45) is 0.697. The number of hydrogen-bond acceptors (Lipinski definition) is 4. The second kappa shape index (κ2) is 6.59. The standard InChI is InChI=1S/C9H8O4.Na/c10-5-7-1-3-8(4-2-7)13-6-9(11)12;/h1-5H,6H2,(H,11,12);/q;+1/p-1. The van der Waals surface area contributed by atoms with Crippen LogP contribution in [0.15, 0.2) is 24.3 Å². The number of aliphatic carboxylic acids is 1. The molecule has 0 N–H and O–H groups in total. The minimum Gasteiger partial charge on any atom is -0.546 e. The summed E-state index contributed by atoms with van der Waals surface area (Å²) in [7, 11) is 0. The number of hydrogen-bond donors (Lipinski definition) is 0. The van der Waals surface area contributed by atoms with E-state index in [-0.39, 0.29) is 29.6 Å². The van der Waals surface area contributed by atoms with E-state index < -0.39 is 12.6 Å². The van der Waals surface area contributed by atoms with Crippen LogP contribution in [0.25, 0.3) is 0 Å². The zero-order valence-corrected chi connectivity index (χ0v) is 9.73. The van der Waals surface area contributed by atoms with E-state index in [1.165, 1.54) is 24.3 Å². The van der Waals surface area contributed by atoms with Crippen molar-refractivity contribution in [3.8, 4) is 5.75 Å². The van der Waals surface area contributed by atoms with Gasteiger partial charge in [-0.2, -0.15) is 0 Å². The summed E-state index contributed by atoms with van der Waals surface area (Å²) in [6, 6.07) is 6.12. The van der Waals surface area contributed by atoms with Crippen LogP contribution in [0.5, 0.6) is 5.75 Å². The molecule has 0 aliphatic heterocycles. The van der Waals surface area contributed by atoms with E-state index in [2.05, 4.69) is 0 Å². The predicted molar refractivity (Wildman–Crippen MR) is 42.3 cm³/mol. The Bertz CT molecular complexity index is 307. The molecule has 0 saturated heterocycles. The SMILES string of the molecule is O=Cc1ccc(OCC(=O)[O-])cc1.[Na+]. The van der Waals surface area contributed by atoms with Gasteiger partial charge in [-0.3, -0.25) is 4.79 Å². The van der Waals surface area contributed by atoms with Gasteiger partial charge in [0, 0.05) is 5.56 Å². The first-order chi connectivity index (χ1) is 6.22. The molecule has 0 spiro atoms. The van der Waals surface area contributed by atoms with Crippen molar-refractivity contribution in [1.29, 1.82) is 0 Å². The third-order valence-electron chi connectivity index (χ3n) is 1.37. The molecular formula is C9H7NaO4. The number of carboxylic acids is 1. The fraction of sp³-hybridized carbons (Fsp3) is 0.111. The molecule has 0 unspecified atom stereocenters. The predicted octanol–water partition coefficient (Wildman–Crippen LogP) is -3.37. The number of rotatable bonds is 4. The van der Waals surface area contributed by atoms with Crippen LogP contribution in [0.1, 0.15) is 10.4 Å². The van der Waals surface area contributed by atoms with Gasteiger partial charge in [0.1, 0.15) is 18.6 Å². The van der Waals surface area contributed by atoms with Gasteiger partial charge >= 0.3 is 29.6 Å². The fourth-order valence-corrected chi connectivity index (χ4v) is 0.785. The fourth-order valence-electron chi connectivity index (χ4n) is 0.785. The van der Waals surface area contributed by atoms with Crippen molar-refractivity contribution in [3.63, 3.8) is 0 Å². The van der Waals surface area contributed by atoms with Crippen molar-refractivity contribution in [2.45, 2.75) is 0 Å². The van der Waals surface area contributed by atoms with Gasteiger partial charge in [0.05, 0.1) is 5.97 Å². The molecule has 5 heteroatoms. The average molecular weight is 202 g/mol. The maximum atomic E-state index is 10.2. The van der Waals surface area contributed by atoms with E-state index in [1.54, 1.807) is 0 Å². The molecule has 1 rings (SSSR count). The van der Waals surface area contributed by atoms with Crippen molar-refractivity contribution in [2.24, 2.45) is 0 Å². The Morgan fingerprint density at radius 3 is 2.36 bits per heavy atom. The monoisotopic (exact) mass is 202 g/mol. The van der Waals surface area contributed by atoms with Crippen molar-refractivity contribution in [1.82, 2.24) is 0 Å². The van der Waals surface area contributed by atoms with Gasteiger partial charge in [-0.25, -0.2) is 0 Å². The molecule has 14 heavy (non-hydrogen) atoms. The summed E-state index contributed by atoms with van der Waals surface area (Å²) in [5, 5.41) is 10.0. The summed E-state index contributed by atoms with van der Waals surface area (Å²) in [5.41, 5.74) is 0.515. The summed E-state index contributed by atoms with van der Waals surface area (Å²) < 4.78 is 4.79. The summed E-state index contributed by atoms with van der Waals surface area (Å²) >= 11 is 0. The zero-order chi connectivity index (χ0) is 9.68. The molecule has 0 bridgehead atoms. The largest absolute Gasteiger partial charge is 1.00 e. The first-order valence-electron chi connectivity index (χ1n) is 3.60. The topological polar surface area (TPSA) is 66.4 Å². The van der Waals surface area contributed by atoms with E-state index in [4.69, 9.17) is 4.74 Å². The van der Waals surface area contributed by atoms with Crippen LogP contribution >= 0.6 is 0 Å². The quantitative estimate of drug-likeness (QED) is 0.377. The molecule has 4 nitrogen and oxygen atoms in total. The van der Waals surface area contributed by atoms with Gasteiger partial charge in [-0.1, -0.05) is 0 Å². The van der Waals surface area contributed by atoms with Gasteiger partial charge in [-0.05, 0) is 24.3 Å². The van der Waals surface area contributed by atoms with Gasteiger partial charge < -0.3 is 14.6 Å². The van der Waals surface area contributed by atoms with Gasteiger partial charge in [-0.15, -0.1) is 0 Å². The molecule has 0 aromatic heterocycles. The van der Waals surface area contributed by atoms with Gasteiger partial charge in [0.25, 0.3) is 0 Å². The van der Waals surface area contributed by atoms with E-state index >= 15 is 0 Å². The molecule has 0 amide bonds. The van der Waals surface area contributed by atoms with E-state index in [0.29, 0.717) is 17.6 Å². The Labute approximate surface area is 103 Å². The van der Waals surface area contributed by atoms with Gasteiger partial charge in [0.2, 0.25) is 0 Å². The molecule has 0 aliphatic carbocycles. The minimum absolute atomic E-state index is 0. The first-order valence-corrected chi connectivity index (χ1v) is 3.60. The molecule has 0 saturated carbocycles. The number of ether oxygens (including phenoxy) is 1. The van der Waals surface area contributed by atoms with Gasteiger partial charge in [0.15, 0.2) is 0 Å². The van der Waals surface area contributed by atoms with E-state index in [9.17, 15) is 14.7 Å². The Hall–Kier alpha value is -0.840. The van der Waals surface area contributed by atoms with Crippen LogP contribution in [0.3, 0.4) is 0 Å². The molecule has 0 aliphatic rings. The normalized spacial score (nSPS) is 8.57. The van der Waals surface area contributed by atoms with Crippen molar-refractivity contribution in [2.75, 3.05) is 6.61 Å². The molecule has 0 fully saturated rings. The molecule has 0 radical (unpaired) electrons. The number of benzene rings is 1. The number of aldehydes is 1. The maximum Gasteiger partial charge on any atom is 1.00 e. The maximum absolute atomic E-state index is 10.2. The van der Waals surface area contributed by atoms with Crippen molar-refractivity contribution < 1.29 is 49.0 Å². The Morgan fingerprint density at radius 1 is 1.36 bits per heavy atom. The Morgan fingerprint density at radius 2 is 1.93 bits per heavy atom. The van der Waals surface area contributed by atoms with Crippen LogP contribution in [0, 0.1) is 0 Å². The average Bonchev–Trinajstić information content (AvgIpc) is 2.15. The molecule has 1 aromatic rings. The summed E-state index contributed by atoms with van der Waals surface area (Å²) in [6.45, 7) is -0.486. The van der Waals surface area contributed by atoms with Crippen LogP contribution in [0.4, 0.5) is 0 Å². The molecule has 1 aromatic carbocycles. The molecule has 68 valence electrons. The third-order valence-corrected chi connectivity index (χ3v) is 1.37. The van der Waals surface area contributed by atoms with Crippen molar-refractivity contribution in [3.05, 3.63) is 29.8 Å². The van der Waals surface area contributed by atoms with Crippen LogP contribution < -0.4 is 39.4 Å². The summed E-state index contributed by atoms with van der Waals surface area (Å²) in [4.78, 5) is 20.2. The van der Waals surface area contributed by atoms with Crippen LogP contribution in [0.2, 0.25) is 0 Å². The number of carboxylic acid groups (broad SMARTS) is 1. The van der Waals surface area contributed by atoms with E-state index in [0.717, 1.165) is 0 Å². The Kier molecular flexibility index (Phi) is 6.19. The first kappa shape index (κ1) is 13.2. The van der Waals surface area contributed by atoms with Crippen molar-refractivity contribution >= 4 is 12.3 Å².